The maximum atomic E-state index is 12.0. The zero-order valence-corrected chi connectivity index (χ0v) is 11.3. The molecule has 94 valence electrons. The number of nitrogens with one attached hydrogen (secondary N) is 1. The zero-order chi connectivity index (χ0) is 13.8. The second-order valence-electron chi connectivity index (χ2n) is 3.73. The molecule has 0 bridgehead atoms. The summed E-state index contributed by atoms with van der Waals surface area (Å²) in [5, 5.41) is 11.5. The van der Waals surface area contributed by atoms with Crippen LogP contribution in [0.2, 0.25) is 0 Å². The summed E-state index contributed by atoms with van der Waals surface area (Å²) >= 11 is 3.30. The molecule has 19 heavy (non-hydrogen) atoms. The van der Waals surface area contributed by atoms with Crippen LogP contribution >= 0.6 is 15.9 Å². The van der Waals surface area contributed by atoms with Crippen LogP contribution in [-0.2, 0) is 0 Å². The Labute approximate surface area is 118 Å². The number of carbonyl (C=O) groups excluding carboxylic acids is 1. The van der Waals surface area contributed by atoms with Gasteiger partial charge in [0.25, 0.3) is 5.91 Å². The van der Waals surface area contributed by atoms with Gasteiger partial charge in [-0.3, -0.25) is 4.79 Å². The normalized spacial score (nSPS) is 9.68. The number of amides is 1. The van der Waals surface area contributed by atoms with E-state index in [2.05, 4.69) is 26.2 Å². The van der Waals surface area contributed by atoms with E-state index in [1.165, 1.54) is 6.20 Å². The lowest BCUT2D eigenvalue weighted by Crippen LogP contribution is -2.12. The number of nitrogen functional groups attached to an aromatic ring is 1. The molecule has 0 fully saturated rings. The van der Waals surface area contributed by atoms with Crippen molar-refractivity contribution in [3.8, 4) is 6.07 Å². The Balaban J connectivity index is 2.20. The van der Waals surface area contributed by atoms with Crippen molar-refractivity contribution in [2.45, 2.75) is 0 Å². The first-order valence-electron chi connectivity index (χ1n) is 5.32. The number of nitrogens with two attached hydrogens (primary N) is 1. The standard InChI is InChI=1S/C13H9BrN4O/c14-10-5-8(6-15)1-3-11(10)18-13(19)9-2-4-12(16)17-7-9/h1-5,7H,(H2,16,17)(H,18,19). The van der Waals surface area contributed by atoms with Crippen LogP contribution in [-0.4, -0.2) is 10.9 Å². The third-order valence-electron chi connectivity index (χ3n) is 2.39. The Kier molecular flexibility index (Phi) is 3.78. The fourth-order valence-corrected chi connectivity index (χ4v) is 1.90. The fourth-order valence-electron chi connectivity index (χ4n) is 1.42. The molecule has 1 heterocycles. The fraction of sp³-hybridized carbons (Fsp3) is 0. The number of rotatable bonds is 2. The molecule has 0 unspecified atom stereocenters. The van der Waals surface area contributed by atoms with Gasteiger partial charge in [0.2, 0.25) is 0 Å². The minimum atomic E-state index is -0.294. The number of halogens is 1. The van der Waals surface area contributed by atoms with Gasteiger partial charge >= 0.3 is 0 Å². The molecule has 5 nitrogen and oxygen atoms in total. The molecule has 0 saturated heterocycles. The van der Waals surface area contributed by atoms with Crippen LogP contribution in [0.4, 0.5) is 11.5 Å². The van der Waals surface area contributed by atoms with Crippen LogP contribution in [0.1, 0.15) is 15.9 Å². The van der Waals surface area contributed by atoms with E-state index in [4.69, 9.17) is 11.0 Å². The molecule has 0 spiro atoms. The number of pyridine rings is 1. The van der Waals surface area contributed by atoms with Crippen molar-refractivity contribution in [1.29, 1.82) is 5.26 Å². The summed E-state index contributed by atoms with van der Waals surface area (Å²) in [6.45, 7) is 0. The highest BCUT2D eigenvalue weighted by Crippen LogP contribution is 2.23. The molecule has 1 aromatic carbocycles. The maximum absolute atomic E-state index is 12.0. The number of anilines is 2. The van der Waals surface area contributed by atoms with Crippen LogP contribution in [0.3, 0.4) is 0 Å². The predicted molar refractivity (Wildman–Crippen MR) is 75.5 cm³/mol. The van der Waals surface area contributed by atoms with Crippen LogP contribution in [0.25, 0.3) is 0 Å². The molecule has 0 radical (unpaired) electrons. The molecule has 2 rings (SSSR count). The molecule has 6 heteroatoms. The number of aromatic nitrogens is 1. The van der Waals surface area contributed by atoms with E-state index in [1.54, 1.807) is 30.3 Å². The molecule has 0 atom stereocenters. The van der Waals surface area contributed by atoms with Gasteiger partial charge in [-0.1, -0.05) is 0 Å². The zero-order valence-electron chi connectivity index (χ0n) is 9.72. The summed E-state index contributed by atoms with van der Waals surface area (Å²) in [6.07, 6.45) is 1.40. The van der Waals surface area contributed by atoms with Gasteiger partial charge < -0.3 is 11.1 Å². The Morgan fingerprint density at radius 2 is 2.16 bits per heavy atom. The Morgan fingerprint density at radius 3 is 2.74 bits per heavy atom. The van der Waals surface area contributed by atoms with E-state index in [-0.39, 0.29) is 5.91 Å². The van der Waals surface area contributed by atoms with Crippen molar-refractivity contribution >= 4 is 33.3 Å². The van der Waals surface area contributed by atoms with Gasteiger partial charge in [0.05, 0.1) is 22.9 Å². The second kappa shape index (κ2) is 5.50. The van der Waals surface area contributed by atoms with Crippen molar-refractivity contribution in [2.75, 3.05) is 11.1 Å². The van der Waals surface area contributed by atoms with E-state index in [1.807, 2.05) is 6.07 Å². The lowest BCUT2D eigenvalue weighted by atomic mass is 10.2. The summed E-state index contributed by atoms with van der Waals surface area (Å²) in [6, 6.07) is 10.1. The number of hydrogen-bond donors (Lipinski definition) is 2. The molecule has 0 aliphatic rings. The van der Waals surface area contributed by atoms with Crippen molar-refractivity contribution in [2.24, 2.45) is 0 Å². The topological polar surface area (TPSA) is 91.8 Å². The van der Waals surface area contributed by atoms with Crippen molar-refractivity contribution in [1.82, 2.24) is 4.98 Å². The molecular formula is C13H9BrN4O. The second-order valence-corrected chi connectivity index (χ2v) is 4.59. The minimum absolute atomic E-state index is 0.294. The predicted octanol–water partition coefficient (Wildman–Crippen LogP) is 2.55. The maximum Gasteiger partial charge on any atom is 0.257 e. The molecule has 1 aromatic heterocycles. The average molecular weight is 317 g/mol. The molecule has 0 aliphatic heterocycles. The minimum Gasteiger partial charge on any atom is -0.384 e. The van der Waals surface area contributed by atoms with Crippen molar-refractivity contribution in [3.05, 3.63) is 52.1 Å². The van der Waals surface area contributed by atoms with Gasteiger partial charge in [-0.2, -0.15) is 5.26 Å². The molecule has 0 saturated carbocycles. The summed E-state index contributed by atoms with van der Waals surface area (Å²) in [5.74, 6) is 0.0639. The lowest BCUT2D eigenvalue weighted by molar-refractivity contribution is 0.102. The van der Waals surface area contributed by atoms with E-state index in [0.29, 0.717) is 27.1 Å². The average Bonchev–Trinajstić information content (AvgIpc) is 2.41. The van der Waals surface area contributed by atoms with Gasteiger partial charge in [0.15, 0.2) is 0 Å². The van der Waals surface area contributed by atoms with Crippen LogP contribution < -0.4 is 11.1 Å². The molecular weight excluding hydrogens is 308 g/mol. The summed E-state index contributed by atoms with van der Waals surface area (Å²) in [4.78, 5) is 15.8. The van der Waals surface area contributed by atoms with Crippen molar-refractivity contribution < 1.29 is 4.79 Å². The molecule has 1 amide bonds. The number of benzene rings is 1. The van der Waals surface area contributed by atoms with E-state index in [0.717, 1.165) is 0 Å². The Morgan fingerprint density at radius 1 is 1.37 bits per heavy atom. The highest BCUT2D eigenvalue weighted by molar-refractivity contribution is 9.10. The number of nitrogens with zero attached hydrogens (tertiary/aromatic N) is 2. The van der Waals surface area contributed by atoms with Crippen LogP contribution in [0.5, 0.6) is 0 Å². The van der Waals surface area contributed by atoms with E-state index < -0.39 is 0 Å². The van der Waals surface area contributed by atoms with Gasteiger partial charge in [-0.25, -0.2) is 4.98 Å². The van der Waals surface area contributed by atoms with Gasteiger partial charge in [0, 0.05) is 10.7 Å². The first-order chi connectivity index (χ1) is 9.10. The molecule has 2 aromatic rings. The first-order valence-corrected chi connectivity index (χ1v) is 6.12. The van der Waals surface area contributed by atoms with E-state index in [9.17, 15) is 4.79 Å². The number of nitriles is 1. The highest BCUT2D eigenvalue weighted by atomic mass is 79.9. The lowest BCUT2D eigenvalue weighted by Gasteiger charge is -2.07. The largest absolute Gasteiger partial charge is 0.384 e. The van der Waals surface area contributed by atoms with Crippen LogP contribution in [0.15, 0.2) is 41.0 Å². The summed E-state index contributed by atoms with van der Waals surface area (Å²) < 4.78 is 0.642. The SMILES string of the molecule is N#Cc1ccc(NC(=O)c2ccc(N)nc2)c(Br)c1. The van der Waals surface area contributed by atoms with Gasteiger partial charge in [-0.05, 0) is 46.3 Å². The van der Waals surface area contributed by atoms with Gasteiger partial charge in [-0.15, -0.1) is 0 Å². The van der Waals surface area contributed by atoms with Gasteiger partial charge in [0.1, 0.15) is 5.82 Å². The monoisotopic (exact) mass is 316 g/mol. The smallest absolute Gasteiger partial charge is 0.257 e. The third-order valence-corrected chi connectivity index (χ3v) is 3.05. The molecule has 3 N–H and O–H groups in total. The quantitative estimate of drug-likeness (QED) is 0.890. The highest BCUT2D eigenvalue weighted by Gasteiger charge is 2.09. The Bertz CT molecular complexity index is 661. The summed E-state index contributed by atoms with van der Waals surface area (Å²) in [5.41, 5.74) is 6.96. The van der Waals surface area contributed by atoms with Crippen molar-refractivity contribution in [3.63, 3.8) is 0 Å². The first kappa shape index (κ1) is 13.1. The van der Waals surface area contributed by atoms with E-state index >= 15 is 0 Å². The molecule has 0 aliphatic carbocycles. The van der Waals surface area contributed by atoms with Crippen LogP contribution in [0, 0.1) is 11.3 Å². The third kappa shape index (κ3) is 3.09. The summed E-state index contributed by atoms with van der Waals surface area (Å²) in [7, 11) is 0. The number of hydrogen-bond acceptors (Lipinski definition) is 4. The number of carbonyl (C=O) groups is 1. The Hall–Kier alpha value is -2.39.